The summed E-state index contributed by atoms with van der Waals surface area (Å²) in [6.45, 7) is 2.63. The molecule has 1 saturated heterocycles. The van der Waals surface area contributed by atoms with Gasteiger partial charge in [0.1, 0.15) is 5.82 Å². The van der Waals surface area contributed by atoms with E-state index in [4.69, 9.17) is 0 Å². The van der Waals surface area contributed by atoms with Gasteiger partial charge in [0.2, 0.25) is 0 Å². The first-order valence-electron chi connectivity index (χ1n) is 6.07. The lowest BCUT2D eigenvalue weighted by molar-refractivity contribution is 0.614. The van der Waals surface area contributed by atoms with E-state index in [-0.39, 0.29) is 5.82 Å². The standard InChI is InChI=1S/C13H19FN2S/c1-15-10-11-3-4-13(12(14)9-11)16-5-2-7-17-8-6-16/h3-4,9,15H,2,5-8,10H2,1H3. The number of nitrogens with one attached hydrogen (secondary N) is 1. The van der Waals surface area contributed by atoms with Gasteiger partial charge in [0.15, 0.2) is 0 Å². The van der Waals surface area contributed by atoms with Crippen LogP contribution in [0.4, 0.5) is 10.1 Å². The maximum Gasteiger partial charge on any atom is 0.146 e. The van der Waals surface area contributed by atoms with Gasteiger partial charge in [0, 0.05) is 25.4 Å². The normalized spacial score (nSPS) is 16.9. The van der Waals surface area contributed by atoms with Crippen LogP contribution in [0.5, 0.6) is 0 Å². The van der Waals surface area contributed by atoms with E-state index in [9.17, 15) is 4.39 Å². The van der Waals surface area contributed by atoms with Gasteiger partial charge < -0.3 is 10.2 Å². The van der Waals surface area contributed by atoms with Gasteiger partial charge in [-0.1, -0.05) is 6.07 Å². The van der Waals surface area contributed by atoms with Crippen molar-refractivity contribution in [3.8, 4) is 0 Å². The van der Waals surface area contributed by atoms with Gasteiger partial charge in [-0.2, -0.15) is 11.8 Å². The molecule has 1 fully saturated rings. The quantitative estimate of drug-likeness (QED) is 0.892. The third-order valence-electron chi connectivity index (χ3n) is 2.96. The maximum absolute atomic E-state index is 14.0. The third-order valence-corrected chi connectivity index (χ3v) is 4.00. The number of hydrogen-bond acceptors (Lipinski definition) is 3. The average molecular weight is 254 g/mol. The molecule has 94 valence electrons. The molecule has 2 rings (SSSR count). The molecule has 0 spiro atoms. The van der Waals surface area contributed by atoms with E-state index in [1.807, 2.05) is 30.9 Å². The van der Waals surface area contributed by atoms with E-state index in [1.165, 1.54) is 5.75 Å². The van der Waals surface area contributed by atoms with E-state index >= 15 is 0 Å². The highest BCUT2D eigenvalue weighted by Crippen LogP contribution is 2.23. The molecule has 0 saturated carbocycles. The Hall–Kier alpha value is -0.740. The molecule has 0 atom stereocenters. The molecule has 1 heterocycles. The van der Waals surface area contributed by atoms with Gasteiger partial charge >= 0.3 is 0 Å². The summed E-state index contributed by atoms with van der Waals surface area (Å²) in [4.78, 5) is 2.17. The monoisotopic (exact) mass is 254 g/mol. The fourth-order valence-electron chi connectivity index (χ4n) is 2.11. The van der Waals surface area contributed by atoms with Gasteiger partial charge in [-0.3, -0.25) is 0 Å². The summed E-state index contributed by atoms with van der Waals surface area (Å²) >= 11 is 1.96. The lowest BCUT2D eigenvalue weighted by Gasteiger charge is -2.23. The van der Waals surface area contributed by atoms with Crippen molar-refractivity contribution in [2.75, 3.05) is 36.5 Å². The van der Waals surface area contributed by atoms with Crippen LogP contribution in [0, 0.1) is 5.82 Å². The van der Waals surface area contributed by atoms with Crippen molar-refractivity contribution < 1.29 is 4.39 Å². The van der Waals surface area contributed by atoms with E-state index in [0.29, 0.717) is 6.54 Å². The Labute approximate surface area is 107 Å². The molecule has 0 radical (unpaired) electrons. The van der Waals surface area contributed by atoms with Crippen LogP contribution in [-0.2, 0) is 6.54 Å². The summed E-state index contributed by atoms with van der Waals surface area (Å²) in [5, 5.41) is 3.04. The van der Waals surface area contributed by atoms with Gasteiger partial charge in [-0.25, -0.2) is 4.39 Å². The van der Waals surface area contributed by atoms with Gasteiger partial charge in [-0.05, 0) is 36.9 Å². The van der Waals surface area contributed by atoms with Crippen LogP contribution >= 0.6 is 11.8 Å². The topological polar surface area (TPSA) is 15.3 Å². The highest BCUT2D eigenvalue weighted by Gasteiger charge is 2.14. The smallest absolute Gasteiger partial charge is 0.146 e. The van der Waals surface area contributed by atoms with Crippen molar-refractivity contribution in [2.45, 2.75) is 13.0 Å². The molecule has 1 N–H and O–H groups in total. The lowest BCUT2D eigenvalue weighted by Crippen LogP contribution is -2.26. The largest absolute Gasteiger partial charge is 0.368 e. The van der Waals surface area contributed by atoms with Crippen LogP contribution in [-0.4, -0.2) is 31.6 Å². The first-order valence-corrected chi connectivity index (χ1v) is 7.22. The molecule has 0 unspecified atom stereocenters. The predicted molar refractivity (Wildman–Crippen MR) is 73.3 cm³/mol. The van der Waals surface area contributed by atoms with Gasteiger partial charge in [0.05, 0.1) is 5.69 Å². The fourth-order valence-corrected chi connectivity index (χ4v) is 2.99. The summed E-state index contributed by atoms with van der Waals surface area (Å²) in [6.07, 6.45) is 1.14. The van der Waals surface area contributed by atoms with Gasteiger partial charge in [0.25, 0.3) is 0 Å². The molecule has 0 aromatic heterocycles. The van der Waals surface area contributed by atoms with Crippen molar-refractivity contribution in [2.24, 2.45) is 0 Å². The summed E-state index contributed by atoms with van der Waals surface area (Å²) in [7, 11) is 1.87. The van der Waals surface area contributed by atoms with Crippen LogP contribution in [0.15, 0.2) is 18.2 Å². The maximum atomic E-state index is 14.0. The Morgan fingerprint density at radius 3 is 3.00 bits per heavy atom. The molecular weight excluding hydrogens is 235 g/mol. The van der Waals surface area contributed by atoms with E-state index in [2.05, 4.69) is 10.2 Å². The molecular formula is C13H19FN2S. The van der Waals surface area contributed by atoms with E-state index in [0.717, 1.165) is 36.5 Å². The molecule has 2 nitrogen and oxygen atoms in total. The highest BCUT2D eigenvalue weighted by atomic mass is 32.2. The van der Waals surface area contributed by atoms with Crippen molar-refractivity contribution in [1.29, 1.82) is 0 Å². The zero-order valence-electron chi connectivity index (χ0n) is 10.2. The van der Waals surface area contributed by atoms with Gasteiger partial charge in [-0.15, -0.1) is 0 Å². The molecule has 1 aromatic rings. The minimum Gasteiger partial charge on any atom is -0.368 e. The zero-order chi connectivity index (χ0) is 12.1. The number of anilines is 1. The van der Waals surface area contributed by atoms with Crippen LogP contribution in [0.3, 0.4) is 0 Å². The summed E-state index contributed by atoms with van der Waals surface area (Å²) < 4.78 is 14.0. The van der Waals surface area contributed by atoms with Crippen molar-refractivity contribution in [3.63, 3.8) is 0 Å². The van der Waals surface area contributed by atoms with Crippen molar-refractivity contribution in [1.82, 2.24) is 5.32 Å². The number of halogens is 1. The number of benzene rings is 1. The predicted octanol–water partition coefficient (Wildman–Crippen LogP) is 2.49. The molecule has 0 aliphatic carbocycles. The molecule has 0 bridgehead atoms. The molecule has 4 heteroatoms. The molecule has 1 aliphatic heterocycles. The van der Waals surface area contributed by atoms with Crippen LogP contribution in [0.1, 0.15) is 12.0 Å². The summed E-state index contributed by atoms with van der Waals surface area (Å²) in [5.74, 6) is 2.19. The van der Waals surface area contributed by atoms with Crippen molar-refractivity contribution in [3.05, 3.63) is 29.6 Å². The number of rotatable bonds is 3. The first kappa shape index (κ1) is 12.7. The molecule has 1 aromatic carbocycles. The van der Waals surface area contributed by atoms with Crippen LogP contribution < -0.4 is 10.2 Å². The summed E-state index contributed by atoms with van der Waals surface area (Å²) in [5.41, 5.74) is 1.75. The minimum atomic E-state index is -0.0929. The Balaban J connectivity index is 2.14. The Morgan fingerprint density at radius 1 is 1.35 bits per heavy atom. The zero-order valence-corrected chi connectivity index (χ0v) is 11.0. The van der Waals surface area contributed by atoms with E-state index < -0.39 is 0 Å². The van der Waals surface area contributed by atoms with Crippen LogP contribution in [0.2, 0.25) is 0 Å². The highest BCUT2D eigenvalue weighted by molar-refractivity contribution is 7.99. The number of thioether (sulfide) groups is 1. The third kappa shape index (κ3) is 3.36. The van der Waals surface area contributed by atoms with Crippen LogP contribution in [0.25, 0.3) is 0 Å². The van der Waals surface area contributed by atoms with E-state index in [1.54, 1.807) is 6.07 Å². The summed E-state index contributed by atoms with van der Waals surface area (Å²) in [6, 6.07) is 5.56. The molecule has 17 heavy (non-hydrogen) atoms. The number of hydrogen-bond donors (Lipinski definition) is 1. The fraction of sp³-hybridized carbons (Fsp3) is 0.538. The lowest BCUT2D eigenvalue weighted by atomic mass is 10.1. The molecule has 1 aliphatic rings. The average Bonchev–Trinajstić information content (AvgIpc) is 2.58. The Bertz CT molecular complexity index is 362. The number of nitrogens with zero attached hydrogens (tertiary/aromatic N) is 1. The Morgan fingerprint density at radius 2 is 2.24 bits per heavy atom. The first-order chi connectivity index (χ1) is 8.31. The second kappa shape index (κ2) is 6.26. The second-order valence-corrected chi connectivity index (χ2v) is 5.49. The molecule has 0 amide bonds. The van der Waals surface area contributed by atoms with Crippen molar-refractivity contribution >= 4 is 17.4 Å². The minimum absolute atomic E-state index is 0.0929. The SMILES string of the molecule is CNCc1ccc(N2CCCSCC2)c(F)c1. The second-order valence-electron chi connectivity index (χ2n) is 4.27. The Kier molecular flexibility index (Phi) is 4.68.